The average molecular weight is 589 g/mol. The van der Waals surface area contributed by atoms with Crippen molar-refractivity contribution in [3.63, 3.8) is 0 Å². The van der Waals surface area contributed by atoms with Crippen LogP contribution in [0.3, 0.4) is 0 Å². The van der Waals surface area contributed by atoms with Crippen LogP contribution in [-0.4, -0.2) is 64.0 Å². The second-order valence-corrected chi connectivity index (χ2v) is 18.1. The first kappa shape index (κ1) is 29.4. The molecule has 12 heteroatoms. The molecule has 5 rings (SSSR count). The van der Waals surface area contributed by atoms with Crippen molar-refractivity contribution in [2.24, 2.45) is 0 Å². The Labute approximate surface area is 246 Å². The van der Waals surface area contributed by atoms with E-state index in [1.54, 1.807) is 23.0 Å². The lowest BCUT2D eigenvalue weighted by molar-refractivity contribution is 0.0898. The van der Waals surface area contributed by atoms with Gasteiger partial charge in [-0.2, -0.15) is 10.4 Å². The molecule has 1 aromatic carbocycles. The quantitative estimate of drug-likeness (QED) is 0.193. The highest BCUT2D eigenvalue weighted by molar-refractivity contribution is 6.76. The number of hydrogen-bond acceptors (Lipinski definition) is 7. The lowest BCUT2D eigenvalue weighted by Crippen LogP contribution is -2.63. The minimum atomic E-state index is -1.17. The molecule has 42 heavy (non-hydrogen) atoms. The number of carbonyl (C=O) groups is 1. The van der Waals surface area contributed by atoms with Gasteiger partial charge >= 0.3 is 0 Å². The molecule has 0 spiro atoms. The van der Waals surface area contributed by atoms with Gasteiger partial charge in [-0.3, -0.25) is 9.48 Å². The molecule has 1 amide bonds. The summed E-state index contributed by atoms with van der Waals surface area (Å²) in [5.41, 5.74) is 2.38. The standard InChI is InChI=1S/C30H37FN8O2Si/c1-21(2)36-29(40)22-6-7-26(25(31)14-22)38-17-30(18-38,9-10-32)39-16-23(15-35-39)27-24-8-11-37(28(24)34-19-33-27)20-41-12-13-42(3,4)5/h6-8,11,14-16,19,21H,9,12-13,17-18,20H2,1-5H3,(H,36,40). The first-order chi connectivity index (χ1) is 20.0. The number of aromatic nitrogens is 5. The van der Waals surface area contributed by atoms with Crippen LogP contribution in [0.15, 0.2) is 49.2 Å². The third-order valence-corrected chi connectivity index (χ3v) is 9.18. The van der Waals surface area contributed by atoms with Crippen LogP contribution in [0.4, 0.5) is 10.1 Å². The Morgan fingerprint density at radius 3 is 2.71 bits per heavy atom. The summed E-state index contributed by atoms with van der Waals surface area (Å²) >= 11 is 0. The molecule has 0 saturated carbocycles. The van der Waals surface area contributed by atoms with Crippen LogP contribution in [-0.2, 0) is 17.0 Å². The number of ether oxygens (including phenoxy) is 1. The maximum absolute atomic E-state index is 15.1. The van der Waals surface area contributed by atoms with Gasteiger partial charge in [-0.15, -0.1) is 0 Å². The highest BCUT2D eigenvalue weighted by Crippen LogP contribution is 2.38. The van der Waals surface area contributed by atoms with Crippen LogP contribution in [0.2, 0.25) is 25.7 Å². The van der Waals surface area contributed by atoms with Crippen molar-refractivity contribution < 1.29 is 13.9 Å². The number of anilines is 1. The van der Waals surface area contributed by atoms with E-state index in [9.17, 15) is 10.1 Å². The molecule has 0 bridgehead atoms. The number of nitrogens with zero attached hydrogens (tertiary/aromatic N) is 7. The van der Waals surface area contributed by atoms with E-state index in [4.69, 9.17) is 4.74 Å². The molecule has 1 saturated heterocycles. The maximum Gasteiger partial charge on any atom is 0.251 e. The Kier molecular flexibility index (Phi) is 8.16. The van der Waals surface area contributed by atoms with Crippen molar-refractivity contribution in [2.45, 2.75) is 64.3 Å². The van der Waals surface area contributed by atoms with Crippen molar-refractivity contribution in [3.8, 4) is 17.3 Å². The zero-order valence-electron chi connectivity index (χ0n) is 24.8. The number of benzene rings is 1. The lowest BCUT2D eigenvalue weighted by atomic mass is 9.86. The normalized spacial score (nSPS) is 14.7. The van der Waals surface area contributed by atoms with E-state index in [1.165, 1.54) is 12.4 Å². The van der Waals surface area contributed by atoms with Crippen molar-refractivity contribution in [2.75, 3.05) is 24.6 Å². The van der Waals surface area contributed by atoms with E-state index in [0.29, 0.717) is 25.5 Å². The minimum Gasteiger partial charge on any atom is -0.364 e. The Hall–Kier alpha value is -4.08. The van der Waals surface area contributed by atoms with Crippen LogP contribution < -0.4 is 10.2 Å². The first-order valence-corrected chi connectivity index (χ1v) is 17.9. The van der Waals surface area contributed by atoms with Crippen molar-refractivity contribution in [3.05, 3.63) is 60.6 Å². The summed E-state index contributed by atoms with van der Waals surface area (Å²) in [5, 5.41) is 17.9. The number of halogens is 1. The molecule has 1 N–H and O–H groups in total. The van der Waals surface area contributed by atoms with Gasteiger partial charge in [-0.05, 0) is 44.2 Å². The summed E-state index contributed by atoms with van der Waals surface area (Å²) in [6.07, 6.45) is 7.35. The molecule has 4 heterocycles. The second-order valence-electron chi connectivity index (χ2n) is 12.5. The molecule has 1 aliphatic heterocycles. The lowest BCUT2D eigenvalue weighted by Gasteiger charge is -2.50. The smallest absolute Gasteiger partial charge is 0.251 e. The van der Waals surface area contributed by atoms with Gasteiger partial charge in [0.05, 0.1) is 30.1 Å². The SMILES string of the molecule is CC(C)NC(=O)c1ccc(N2CC(CC#N)(n3cc(-c4ncnc5c4ccn5COCC[Si](C)(C)C)cn3)C2)c(F)c1. The van der Waals surface area contributed by atoms with Gasteiger partial charge in [0.1, 0.15) is 30.1 Å². The Bertz CT molecular complexity index is 1630. The van der Waals surface area contributed by atoms with Gasteiger partial charge in [-0.1, -0.05) is 19.6 Å². The highest BCUT2D eigenvalue weighted by atomic mass is 28.3. The molecule has 0 radical (unpaired) electrons. The molecular weight excluding hydrogens is 551 g/mol. The van der Waals surface area contributed by atoms with Crippen LogP contribution >= 0.6 is 0 Å². The summed E-state index contributed by atoms with van der Waals surface area (Å²) in [6, 6.07) is 9.81. The number of hydrogen-bond donors (Lipinski definition) is 1. The summed E-state index contributed by atoms with van der Waals surface area (Å²) in [4.78, 5) is 23.2. The minimum absolute atomic E-state index is 0.0433. The van der Waals surface area contributed by atoms with Gasteiger partial charge in [0, 0.05) is 62.7 Å². The van der Waals surface area contributed by atoms with Crippen LogP contribution in [0.1, 0.15) is 30.6 Å². The third-order valence-electron chi connectivity index (χ3n) is 7.47. The van der Waals surface area contributed by atoms with Crippen molar-refractivity contribution in [1.82, 2.24) is 29.6 Å². The molecule has 3 aromatic heterocycles. The Morgan fingerprint density at radius 1 is 1.24 bits per heavy atom. The zero-order valence-corrected chi connectivity index (χ0v) is 25.8. The molecule has 4 aromatic rings. The zero-order chi connectivity index (χ0) is 30.1. The van der Waals surface area contributed by atoms with Crippen molar-refractivity contribution >= 4 is 30.7 Å². The second kappa shape index (κ2) is 11.7. The first-order valence-electron chi connectivity index (χ1n) is 14.2. The molecular formula is C30H37FN8O2Si. The number of fused-ring (bicyclic) bond motifs is 1. The topological polar surface area (TPSA) is 114 Å². The van der Waals surface area contributed by atoms with Crippen LogP contribution in [0.25, 0.3) is 22.3 Å². The summed E-state index contributed by atoms with van der Waals surface area (Å²) in [5.74, 6) is -0.791. The Morgan fingerprint density at radius 2 is 2.02 bits per heavy atom. The van der Waals surface area contributed by atoms with Gasteiger partial charge in [0.25, 0.3) is 5.91 Å². The molecule has 10 nitrogen and oxygen atoms in total. The predicted molar refractivity (Wildman–Crippen MR) is 162 cm³/mol. The molecule has 1 fully saturated rings. The molecule has 220 valence electrons. The largest absolute Gasteiger partial charge is 0.364 e. The molecule has 0 aliphatic carbocycles. The number of rotatable bonds is 11. The van der Waals surface area contributed by atoms with E-state index in [2.05, 4.69) is 46.1 Å². The van der Waals surface area contributed by atoms with Crippen LogP contribution in [0, 0.1) is 17.1 Å². The van der Waals surface area contributed by atoms with Crippen LogP contribution in [0.5, 0.6) is 0 Å². The predicted octanol–water partition coefficient (Wildman–Crippen LogP) is 5.01. The van der Waals surface area contributed by atoms with Gasteiger partial charge in [-0.25, -0.2) is 14.4 Å². The van der Waals surface area contributed by atoms with Gasteiger partial charge < -0.3 is 19.5 Å². The fourth-order valence-corrected chi connectivity index (χ4v) is 5.91. The number of carbonyl (C=O) groups excluding carboxylic acids is 1. The molecule has 1 aliphatic rings. The van der Waals surface area contributed by atoms with E-state index >= 15 is 4.39 Å². The maximum atomic E-state index is 15.1. The van der Waals surface area contributed by atoms with E-state index in [0.717, 1.165) is 34.9 Å². The number of nitriles is 1. The Balaban J connectivity index is 1.32. The summed E-state index contributed by atoms with van der Waals surface area (Å²) in [6.45, 7) is 12.6. The van der Waals surface area contributed by atoms with Gasteiger partial charge in [0.15, 0.2) is 0 Å². The van der Waals surface area contributed by atoms with E-state index < -0.39 is 19.4 Å². The third kappa shape index (κ3) is 6.07. The highest BCUT2D eigenvalue weighted by Gasteiger charge is 2.46. The monoisotopic (exact) mass is 588 g/mol. The van der Waals surface area contributed by atoms with Crippen molar-refractivity contribution in [1.29, 1.82) is 5.26 Å². The van der Waals surface area contributed by atoms with Gasteiger partial charge in [0.2, 0.25) is 0 Å². The number of amides is 1. The van der Waals surface area contributed by atoms with E-state index in [1.807, 2.05) is 41.8 Å². The number of nitrogens with one attached hydrogen (secondary N) is 1. The average Bonchev–Trinajstić information content (AvgIpc) is 3.56. The summed E-state index contributed by atoms with van der Waals surface area (Å²) < 4.78 is 24.8. The van der Waals surface area contributed by atoms with E-state index in [-0.39, 0.29) is 23.9 Å². The fourth-order valence-electron chi connectivity index (χ4n) is 5.15. The molecule has 0 unspecified atom stereocenters. The molecule has 0 atom stereocenters. The summed E-state index contributed by atoms with van der Waals surface area (Å²) in [7, 11) is -1.17. The fraction of sp³-hybridized carbons (Fsp3) is 0.433.